The van der Waals surface area contributed by atoms with Gasteiger partial charge in [-0.05, 0) is 53.5 Å². The first kappa shape index (κ1) is 20.4. The van der Waals surface area contributed by atoms with Crippen LogP contribution in [0.3, 0.4) is 0 Å². The maximum absolute atomic E-state index is 6.30. The Morgan fingerprint density at radius 2 is 1.70 bits per heavy atom. The summed E-state index contributed by atoms with van der Waals surface area (Å²) < 4.78 is 0. The van der Waals surface area contributed by atoms with Crippen LogP contribution in [0.4, 0.5) is 5.69 Å². The van der Waals surface area contributed by atoms with Gasteiger partial charge in [-0.15, -0.1) is 0 Å². The molecule has 0 amide bonds. The van der Waals surface area contributed by atoms with E-state index in [0.717, 1.165) is 54.1 Å². The number of benzene rings is 2. The number of rotatable bonds is 4. The first-order valence-corrected chi connectivity index (χ1v) is 10.4. The zero-order chi connectivity index (χ0) is 19.4. The van der Waals surface area contributed by atoms with E-state index in [-0.39, 0.29) is 0 Å². The van der Waals surface area contributed by atoms with Crippen molar-refractivity contribution in [1.82, 2.24) is 9.80 Å². The van der Waals surface area contributed by atoms with E-state index in [1.165, 1.54) is 5.56 Å². The lowest BCUT2D eigenvalue weighted by molar-refractivity contribution is 0.177. The van der Waals surface area contributed by atoms with Gasteiger partial charge in [-0.3, -0.25) is 4.90 Å². The van der Waals surface area contributed by atoms with Gasteiger partial charge in [0.2, 0.25) is 0 Å². The second-order valence-corrected chi connectivity index (χ2v) is 8.44. The number of piperazine rings is 1. The molecule has 0 unspecified atom stereocenters. The van der Waals surface area contributed by atoms with Gasteiger partial charge in [0.15, 0.2) is 5.11 Å². The molecule has 1 saturated heterocycles. The minimum atomic E-state index is 0.535. The summed E-state index contributed by atoms with van der Waals surface area (Å²) in [6.45, 7) is 8.94. The molecule has 0 aromatic heterocycles. The number of thiocarbonyl (C=S) groups is 1. The van der Waals surface area contributed by atoms with Crippen molar-refractivity contribution in [3.8, 4) is 0 Å². The van der Waals surface area contributed by atoms with Gasteiger partial charge >= 0.3 is 0 Å². The molecule has 1 aliphatic heterocycles. The summed E-state index contributed by atoms with van der Waals surface area (Å²) in [6.07, 6.45) is 0. The maximum Gasteiger partial charge on any atom is 0.173 e. The molecule has 2 aromatic carbocycles. The van der Waals surface area contributed by atoms with Gasteiger partial charge in [0.25, 0.3) is 0 Å². The van der Waals surface area contributed by atoms with E-state index in [1.54, 1.807) is 6.07 Å². The molecule has 27 heavy (non-hydrogen) atoms. The van der Waals surface area contributed by atoms with Crippen LogP contribution in [0.5, 0.6) is 0 Å². The minimum Gasteiger partial charge on any atom is -0.346 e. The van der Waals surface area contributed by atoms with Gasteiger partial charge in [0, 0.05) is 48.5 Å². The summed E-state index contributed by atoms with van der Waals surface area (Å²) in [4.78, 5) is 4.62. The van der Waals surface area contributed by atoms with Crippen LogP contribution in [-0.4, -0.2) is 41.1 Å². The molecule has 0 radical (unpaired) electrons. The van der Waals surface area contributed by atoms with Crippen molar-refractivity contribution < 1.29 is 0 Å². The second-order valence-electron chi connectivity index (χ2n) is 7.21. The first-order valence-electron chi connectivity index (χ1n) is 9.24. The highest BCUT2D eigenvalue weighted by molar-refractivity contribution is 7.80. The molecule has 0 aliphatic carbocycles. The summed E-state index contributed by atoms with van der Waals surface area (Å²) in [5, 5.41) is 5.55. The van der Waals surface area contributed by atoms with E-state index in [4.69, 9.17) is 35.4 Å². The zero-order valence-electron chi connectivity index (χ0n) is 15.7. The number of hydrogen-bond donors (Lipinski definition) is 1. The van der Waals surface area contributed by atoms with Gasteiger partial charge in [-0.1, -0.05) is 55.2 Å². The lowest BCUT2D eigenvalue weighted by atomic mass is 10.0. The molecule has 1 fully saturated rings. The van der Waals surface area contributed by atoms with Crippen molar-refractivity contribution in [1.29, 1.82) is 0 Å². The summed E-state index contributed by atoms with van der Waals surface area (Å²) >= 11 is 17.9. The normalized spacial score (nSPS) is 15.2. The predicted octanol–water partition coefficient (Wildman–Crippen LogP) is 5.63. The molecule has 3 rings (SSSR count). The van der Waals surface area contributed by atoms with Crippen molar-refractivity contribution in [2.24, 2.45) is 0 Å². The van der Waals surface area contributed by atoms with Crippen molar-refractivity contribution in [3.63, 3.8) is 0 Å². The van der Waals surface area contributed by atoms with Crippen LogP contribution in [0.15, 0.2) is 42.5 Å². The topological polar surface area (TPSA) is 18.5 Å². The Morgan fingerprint density at radius 1 is 1.04 bits per heavy atom. The van der Waals surface area contributed by atoms with Crippen molar-refractivity contribution in [2.75, 3.05) is 31.5 Å². The second kappa shape index (κ2) is 9.24. The van der Waals surface area contributed by atoms with Gasteiger partial charge in [0.1, 0.15) is 0 Å². The van der Waals surface area contributed by atoms with Crippen LogP contribution < -0.4 is 5.32 Å². The molecule has 0 atom stereocenters. The lowest BCUT2D eigenvalue weighted by Crippen LogP contribution is -2.49. The Hall–Kier alpha value is -1.33. The smallest absolute Gasteiger partial charge is 0.173 e. The maximum atomic E-state index is 6.30. The summed E-state index contributed by atoms with van der Waals surface area (Å²) in [7, 11) is 0. The van der Waals surface area contributed by atoms with Crippen LogP contribution in [-0.2, 0) is 6.54 Å². The van der Waals surface area contributed by atoms with Gasteiger partial charge in [-0.25, -0.2) is 0 Å². The zero-order valence-corrected chi connectivity index (χ0v) is 18.0. The largest absolute Gasteiger partial charge is 0.346 e. The van der Waals surface area contributed by atoms with Crippen molar-refractivity contribution >= 4 is 46.2 Å². The highest BCUT2D eigenvalue weighted by atomic mass is 35.5. The molecular formula is C21H25Cl2N3S. The monoisotopic (exact) mass is 421 g/mol. The van der Waals surface area contributed by atoms with Gasteiger partial charge in [-0.2, -0.15) is 0 Å². The Bertz CT molecular complexity index is 785. The highest BCUT2D eigenvalue weighted by Gasteiger charge is 2.19. The lowest BCUT2D eigenvalue weighted by Gasteiger charge is -2.36. The predicted molar refractivity (Wildman–Crippen MR) is 120 cm³/mol. The fourth-order valence-corrected chi connectivity index (χ4v) is 3.92. The van der Waals surface area contributed by atoms with Crippen LogP contribution in [0, 0.1) is 0 Å². The average Bonchev–Trinajstić information content (AvgIpc) is 2.65. The van der Waals surface area contributed by atoms with Crippen LogP contribution in [0.25, 0.3) is 0 Å². The third-order valence-corrected chi connectivity index (χ3v) is 5.84. The standard InChI is InChI=1S/C21H25Cl2N3S/c1-15(2)16-4-7-19(8-5-16)24-21(27)26-11-9-25(10-12-26)14-17-3-6-18(22)13-20(17)23/h3-8,13,15H,9-12,14H2,1-2H3,(H,24,27). The molecule has 0 saturated carbocycles. The number of nitrogens with zero attached hydrogens (tertiary/aromatic N) is 2. The van der Waals surface area contributed by atoms with E-state index < -0.39 is 0 Å². The summed E-state index contributed by atoms with van der Waals surface area (Å²) in [5.74, 6) is 0.535. The molecule has 1 heterocycles. The Balaban J connectivity index is 1.50. The number of hydrogen-bond acceptors (Lipinski definition) is 2. The number of nitrogens with one attached hydrogen (secondary N) is 1. The molecule has 6 heteroatoms. The van der Waals surface area contributed by atoms with Crippen molar-refractivity contribution in [2.45, 2.75) is 26.3 Å². The highest BCUT2D eigenvalue weighted by Crippen LogP contribution is 2.23. The Kier molecular flexibility index (Phi) is 6.99. The van der Waals surface area contributed by atoms with Gasteiger partial charge in [0.05, 0.1) is 0 Å². The molecule has 0 spiro atoms. The third-order valence-electron chi connectivity index (χ3n) is 4.90. The van der Waals surface area contributed by atoms with Crippen LogP contribution in [0.1, 0.15) is 30.9 Å². The molecule has 1 aliphatic rings. The van der Waals surface area contributed by atoms with E-state index in [1.807, 2.05) is 12.1 Å². The van der Waals surface area contributed by atoms with Gasteiger partial charge < -0.3 is 10.2 Å². The summed E-state index contributed by atoms with van der Waals surface area (Å²) in [6, 6.07) is 14.2. The fourth-order valence-electron chi connectivity index (χ4n) is 3.15. The van der Waals surface area contributed by atoms with E-state index in [9.17, 15) is 0 Å². The molecule has 0 bridgehead atoms. The Labute approximate surface area is 177 Å². The van der Waals surface area contributed by atoms with Crippen LogP contribution in [0.2, 0.25) is 10.0 Å². The summed E-state index contributed by atoms with van der Waals surface area (Å²) in [5.41, 5.74) is 3.49. The van der Waals surface area contributed by atoms with E-state index >= 15 is 0 Å². The molecular weight excluding hydrogens is 397 g/mol. The first-order chi connectivity index (χ1) is 12.9. The van der Waals surface area contributed by atoms with Crippen LogP contribution >= 0.6 is 35.4 Å². The number of anilines is 1. The van der Waals surface area contributed by atoms with E-state index in [2.05, 4.69) is 53.2 Å². The molecule has 144 valence electrons. The van der Waals surface area contributed by atoms with E-state index in [0.29, 0.717) is 10.9 Å². The molecule has 3 nitrogen and oxygen atoms in total. The fraction of sp³-hybridized carbons (Fsp3) is 0.381. The Morgan fingerprint density at radius 3 is 2.30 bits per heavy atom. The molecule has 2 aromatic rings. The third kappa shape index (κ3) is 5.58. The molecule has 1 N–H and O–H groups in total. The number of halogens is 2. The SMILES string of the molecule is CC(C)c1ccc(NC(=S)N2CCN(Cc3ccc(Cl)cc3Cl)CC2)cc1. The quantitative estimate of drug-likeness (QED) is 0.644. The minimum absolute atomic E-state index is 0.535. The average molecular weight is 422 g/mol. The van der Waals surface area contributed by atoms with Crippen molar-refractivity contribution in [3.05, 3.63) is 63.6 Å².